The van der Waals surface area contributed by atoms with Crippen molar-refractivity contribution < 1.29 is 100.0 Å². The first-order valence-corrected chi connectivity index (χ1v) is 36.9. The van der Waals surface area contributed by atoms with Crippen molar-refractivity contribution in [2.75, 3.05) is 80.4 Å². The van der Waals surface area contributed by atoms with Gasteiger partial charge in [0.15, 0.2) is 53.2 Å². The number of nitrogens with one attached hydrogen (secondary N) is 9. The van der Waals surface area contributed by atoms with Crippen LogP contribution in [0.3, 0.4) is 0 Å². The molecule has 3 aromatic carbocycles. The minimum absolute atomic E-state index is 0.131. The summed E-state index contributed by atoms with van der Waals surface area (Å²) in [5.74, 6) is 0.856. The van der Waals surface area contributed by atoms with Gasteiger partial charge >= 0.3 is 36.6 Å². The summed E-state index contributed by atoms with van der Waals surface area (Å²) in [5, 5.41) is 23.7. The number of unbranched alkanes of at least 4 members (excludes halogenated alkanes) is 3. The number of benzene rings is 3. The maximum Gasteiger partial charge on any atom is 0.409 e. The maximum absolute atomic E-state index is 13.2. The van der Waals surface area contributed by atoms with Gasteiger partial charge in [-0.3, -0.25) is 14.4 Å². The van der Waals surface area contributed by atoms with Crippen molar-refractivity contribution in [3.8, 4) is 34.5 Å². The highest BCUT2D eigenvalue weighted by Gasteiger charge is 2.30. The number of ether oxygens (including phenoxy) is 12. The summed E-state index contributed by atoms with van der Waals surface area (Å²) in [4.78, 5) is 116. The molecule has 3 aromatic rings. The topological polar surface area (TPSA) is 451 Å². The van der Waals surface area contributed by atoms with E-state index in [0.717, 1.165) is 33.4 Å². The Kier molecular flexibility index (Phi) is 38.6. The number of alkyl carbamates (subject to hydrolysis) is 6. The third-order valence-corrected chi connectivity index (χ3v) is 15.9. The number of fused-ring (bicyclic) bond motifs is 3. The molecule has 33 heteroatoms. The minimum Gasteiger partial charge on any atom is -0.493 e. The highest BCUT2D eigenvalue weighted by molar-refractivity contribution is 5.87. The molecule has 0 bridgehead atoms. The molecule has 108 heavy (non-hydrogen) atoms. The van der Waals surface area contributed by atoms with Crippen molar-refractivity contribution in [2.45, 2.75) is 233 Å². The standard InChI is InChI=1S/C75H120N12O21/c1-46(82-70(94)106-73(4,5)6)64(88)85-61(25-16-19-28-76)103-67(91)79-31-22-34-100-58-43-52-37-50-41-56(98-14)60(102-36-24-33-81-69(93)105-63(27-18-21-30-78)87-66(90)48(3)84-72(96)108-75(10,11)12)45-54(50)39-51-42-57(99-15)59(44-53(51)38-49(52)40-55(58)97-13)101-35-23-32-80-68(92)104-62(26-17-20-29-77)86-65(89)47(2)83-71(95)107-74(7,8)9/h40-48,61-63H,16-39,76-78H2,1-15H3,(H,79,91)(H,80,92)(H,81,93)(H,82,94)(H,83,95)(H,84,96)(H,85,88)(H,86,89)(H,87,90)/t46-,47-,48-,61-,62-,63-/m0/s1. The summed E-state index contributed by atoms with van der Waals surface area (Å²) in [7, 11) is 4.62. The van der Waals surface area contributed by atoms with Gasteiger partial charge in [-0.05, 0) is 250 Å². The second-order valence-electron chi connectivity index (χ2n) is 28.9. The minimum atomic E-state index is -1.02. The van der Waals surface area contributed by atoms with Crippen LogP contribution in [0.4, 0.5) is 28.8 Å². The van der Waals surface area contributed by atoms with Gasteiger partial charge in [-0.25, -0.2) is 28.8 Å². The average Bonchev–Trinajstić information content (AvgIpc) is 1.55. The molecule has 1 aliphatic carbocycles. The Bertz CT molecular complexity index is 3050. The fourth-order valence-electron chi connectivity index (χ4n) is 10.6. The molecule has 4 rings (SSSR count). The Morgan fingerprint density at radius 1 is 0.343 bits per heavy atom. The van der Waals surface area contributed by atoms with Crippen LogP contribution in [0.1, 0.15) is 194 Å². The van der Waals surface area contributed by atoms with E-state index in [1.807, 2.05) is 36.4 Å². The van der Waals surface area contributed by atoms with Crippen molar-refractivity contribution >= 4 is 54.3 Å². The van der Waals surface area contributed by atoms with Crippen LogP contribution < -0.4 is 93.5 Å². The maximum atomic E-state index is 13.2. The summed E-state index contributed by atoms with van der Waals surface area (Å²) >= 11 is 0. The molecule has 0 saturated heterocycles. The van der Waals surface area contributed by atoms with Crippen molar-refractivity contribution in [2.24, 2.45) is 17.2 Å². The normalized spacial score (nSPS) is 13.5. The fourth-order valence-corrected chi connectivity index (χ4v) is 10.6. The molecule has 6 atom stereocenters. The molecular formula is C75H120N12O21. The number of hydrogen-bond acceptors (Lipinski definition) is 24. The van der Waals surface area contributed by atoms with E-state index in [4.69, 9.17) is 74.0 Å². The summed E-state index contributed by atoms with van der Waals surface area (Å²) in [6, 6.07) is 8.53. The zero-order valence-corrected chi connectivity index (χ0v) is 65.7. The lowest BCUT2D eigenvalue weighted by Crippen LogP contribution is -2.50. The Hall–Kier alpha value is -9.63. The second-order valence-corrected chi connectivity index (χ2v) is 28.9. The molecule has 0 spiro atoms. The van der Waals surface area contributed by atoms with E-state index in [-0.39, 0.29) is 58.7 Å². The third-order valence-electron chi connectivity index (χ3n) is 15.9. The second kappa shape index (κ2) is 45.9. The first-order chi connectivity index (χ1) is 51.1. The molecular weight excluding hydrogens is 1400 g/mol. The summed E-state index contributed by atoms with van der Waals surface area (Å²) in [6.07, 6.45) is -1.29. The highest BCUT2D eigenvalue weighted by Crippen LogP contribution is 2.41. The average molecular weight is 1530 g/mol. The summed E-state index contributed by atoms with van der Waals surface area (Å²) in [6.45, 7) is 21.7. The Morgan fingerprint density at radius 3 is 0.787 bits per heavy atom. The highest BCUT2D eigenvalue weighted by atomic mass is 16.6. The summed E-state index contributed by atoms with van der Waals surface area (Å²) < 4.78 is 69.9. The van der Waals surface area contributed by atoms with E-state index in [1.165, 1.54) is 42.1 Å². The Balaban J connectivity index is 1.58. The lowest BCUT2D eigenvalue weighted by atomic mass is 9.94. The van der Waals surface area contributed by atoms with Gasteiger partial charge in [-0.2, -0.15) is 0 Å². The van der Waals surface area contributed by atoms with E-state index < -0.39 is 108 Å². The van der Waals surface area contributed by atoms with E-state index in [1.54, 1.807) is 62.3 Å². The van der Waals surface area contributed by atoms with Gasteiger partial charge < -0.3 is 122 Å². The number of carbonyl (C=O) groups is 9. The van der Waals surface area contributed by atoms with Gasteiger partial charge in [0.25, 0.3) is 0 Å². The molecule has 0 fully saturated rings. The Morgan fingerprint density at radius 2 is 0.574 bits per heavy atom. The van der Waals surface area contributed by atoms with Crippen LogP contribution in [0.25, 0.3) is 0 Å². The van der Waals surface area contributed by atoms with Gasteiger partial charge in [0.1, 0.15) is 34.9 Å². The van der Waals surface area contributed by atoms with Crippen LogP contribution in [-0.2, 0) is 62.1 Å². The molecule has 0 aromatic heterocycles. The van der Waals surface area contributed by atoms with Crippen molar-refractivity contribution in [1.82, 2.24) is 47.9 Å². The molecule has 1 aliphatic rings. The van der Waals surface area contributed by atoms with Crippen LogP contribution in [0.5, 0.6) is 34.5 Å². The first kappa shape index (κ1) is 90.8. The zero-order valence-electron chi connectivity index (χ0n) is 65.7. The molecule has 15 N–H and O–H groups in total. The van der Waals surface area contributed by atoms with Gasteiger partial charge in [-0.15, -0.1) is 0 Å². The van der Waals surface area contributed by atoms with Crippen molar-refractivity contribution in [3.05, 3.63) is 69.8 Å². The third kappa shape index (κ3) is 34.9. The molecule has 0 unspecified atom stereocenters. The number of amides is 9. The smallest absolute Gasteiger partial charge is 0.409 e. The number of hydrogen-bond donors (Lipinski definition) is 12. The molecule has 606 valence electrons. The molecule has 9 amide bonds. The molecule has 0 heterocycles. The number of nitrogens with two attached hydrogens (primary N) is 3. The van der Waals surface area contributed by atoms with E-state index in [2.05, 4.69) is 47.9 Å². The fraction of sp³-hybridized carbons (Fsp3) is 0.640. The summed E-state index contributed by atoms with van der Waals surface area (Å²) in [5.41, 5.74) is 20.1. The number of methoxy groups -OCH3 is 3. The number of rotatable bonds is 42. The predicted molar refractivity (Wildman–Crippen MR) is 402 cm³/mol. The van der Waals surface area contributed by atoms with E-state index in [0.29, 0.717) is 131 Å². The van der Waals surface area contributed by atoms with Crippen LogP contribution in [0.2, 0.25) is 0 Å². The molecule has 33 nitrogen and oxygen atoms in total. The van der Waals surface area contributed by atoms with Gasteiger partial charge in [0.2, 0.25) is 17.7 Å². The van der Waals surface area contributed by atoms with Crippen molar-refractivity contribution in [1.29, 1.82) is 0 Å². The zero-order chi connectivity index (χ0) is 80.2. The van der Waals surface area contributed by atoms with E-state index >= 15 is 0 Å². The molecule has 0 aliphatic heterocycles. The Labute approximate surface area is 634 Å². The molecule has 0 radical (unpaired) electrons. The lowest BCUT2D eigenvalue weighted by molar-refractivity contribution is -0.126. The number of carbonyl (C=O) groups excluding carboxylic acids is 9. The van der Waals surface area contributed by atoms with Gasteiger partial charge in [-0.1, -0.05) is 0 Å². The quantitative estimate of drug-likeness (QED) is 0.0115. The van der Waals surface area contributed by atoms with Gasteiger partial charge in [0.05, 0.1) is 41.2 Å². The van der Waals surface area contributed by atoms with Crippen LogP contribution in [0.15, 0.2) is 36.4 Å². The van der Waals surface area contributed by atoms with Crippen LogP contribution in [0, 0.1) is 0 Å². The first-order valence-electron chi connectivity index (χ1n) is 36.9. The lowest BCUT2D eigenvalue weighted by Gasteiger charge is -2.24. The van der Waals surface area contributed by atoms with E-state index in [9.17, 15) is 43.2 Å². The van der Waals surface area contributed by atoms with Crippen molar-refractivity contribution in [3.63, 3.8) is 0 Å². The van der Waals surface area contributed by atoms with Gasteiger partial charge in [0, 0.05) is 38.9 Å². The monoisotopic (exact) mass is 1520 g/mol. The van der Waals surface area contributed by atoms with Crippen LogP contribution in [-0.4, -0.2) is 188 Å². The van der Waals surface area contributed by atoms with Crippen LogP contribution >= 0.6 is 0 Å². The largest absolute Gasteiger partial charge is 0.493 e. The SMILES string of the molecule is COc1cc2c(cc1OCCCNC(=O)O[C@@H](CCCCN)NC(=O)[C@H](C)NC(=O)OC(C)(C)C)Cc1cc(OC)c(OCCCNC(=O)O[C@@H](CCCCN)NC(=O)[C@H](C)NC(=O)OC(C)(C)C)cc1Cc1cc(OC)c(OCCCNC(=O)O[C@@H](CCCCN)NC(=O)[C@H](C)NC(=O)OC(C)(C)C)cc1C2. The predicted octanol–water partition coefficient (Wildman–Crippen LogP) is 7.74. The molecule has 0 saturated carbocycles.